The van der Waals surface area contributed by atoms with E-state index in [4.69, 9.17) is 0 Å². The Morgan fingerprint density at radius 2 is 2.33 bits per heavy atom. The largest absolute Gasteiger partial charge is 0.284 e. The summed E-state index contributed by atoms with van der Waals surface area (Å²) >= 11 is 0. The monoisotopic (exact) mass is 288 g/mol. The van der Waals surface area contributed by atoms with Crippen LogP contribution in [-0.2, 0) is 6.67 Å². The van der Waals surface area contributed by atoms with Gasteiger partial charge in [0.1, 0.15) is 0 Å². The van der Waals surface area contributed by atoms with Crippen molar-refractivity contribution in [1.82, 2.24) is 14.7 Å². The predicted octanol–water partition coefficient (Wildman–Crippen LogP) is 3.02. The molecule has 1 aliphatic rings. The smallest absolute Gasteiger partial charge is 0.270 e. The van der Waals surface area contributed by atoms with Gasteiger partial charge in [-0.3, -0.25) is 19.7 Å². The summed E-state index contributed by atoms with van der Waals surface area (Å²) in [5.74, 6) is 0.779. The van der Waals surface area contributed by atoms with E-state index in [1.807, 2.05) is 4.68 Å². The number of likely N-dealkylation sites (tertiary alicyclic amines) is 1. The molecule has 1 fully saturated rings. The van der Waals surface area contributed by atoms with E-state index in [2.05, 4.69) is 16.9 Å². The molecule has 0 radical (unpaired) electrons. The Morgan fingerprint density at radius 3 is 3.10 bits per heavy atom. The van der Waals surface area contributed by atoms with Gasteiger partial charge in [0.15, 0.2) is 0 Å². The molecule has 2 heterocycles. The molecule has 0 bridgehead atoms. The number of aromatic nitrogens is 2. The molecule has 21 heavy (non-hydrogen) atoms. The minimum absolute atomic E-state index is 0.117. The van der Waals surface area contributed by atoms with E-state index in [0.29, 0.717) is 0 Å². The molecule has 0 amide bonds. The van der Waals surface area contributed by atoms with Crippen molar-refractivity contribution in [2.24, 2.45) is 5.92 Å². The van der Waals surface area contributed by atoms with Crippen LogP contribution in [0.25, 0.3) is 10.9 Å². The zero-order valence-corrected chi connectivity index (χ0v) is 12.2. The van der Waals surface area contributed by atoms with E-state index in [1.165, 1.54) is 19.3 Å². The summed E-state index contributed by atoms with van der Waals surface area (Å²) in [6.07, 6.45) is 5.49. The van der Waals surface area contributed by atoms with Gasteiger partial charge in [-0.1, -0.05) is 13.3 Å². The summed E-state index contributed by atoms with van der Waals surface area (Å²) in [7, 11) is 0. The van der Waals surface area contributed by atoms with Gasteiger partial charge in [0.2, 0.25) is 0 Å². The molecular formula is C15H20N4O2. The number of fused-ring (bicyclic) bond motifs is 1. The minimum Gasteiger partial charge on any atom is -0.284 e. The van der Waals surface area contributed by atoms with Crippen molar-refractivity contribution in [3.05, 3.63) is 34.5 Å². The maximum absolute atomic E-state index is 10.8. The van der Waals surface area contributed by atoms with E-state index < -0.39 is 0 Å². The number of nitro groups is 1. The van der Waals surface area contributed by atoms with Crippen LogP contribution in [0.3, 0.4) is 0 Å². The van der Waals surface area contributed by atoms with Crippen LogP contribution in [0.5, 0.6) is 0 Å². The van der Waals surface area contributed by atoms with Crippen LogP contribution in [-0.4, -0.2) is 32.7 Å². The van der Waals surface area contributed by atoms with Crippen molar-refractivity contribution < 1.29 is 4.92 Å². The first-order valence-electron chi connectivity index (χ1n) is 7.49. The minimum atomic E-state index is -0.368. The van der Waals surface area contributed by atoms with Crippen molar-refractivity contribution in [1.29, 1.82) is 0 Å². The number of piperidine rings is 1. The molecule has 0 spiro atoms. The summed E-state index contributed by atoms with van der Waals surface area (Å²) in [6.45, 7) is 5.23. The number of nitrogens with zero attached hydrogens (tertiary/aromatic N) is 4. The van der Waals surface area contributed by atoms with Crippen molar-refractivity contribution >= 4 is 16.6 Å². The Bertz CT molecular complexity index is 652. The van der Waals surface area contributed by atoms with Crippen LogP contribution in [0, 0.1) is 16.0 Å². The highest BCUT2D eigenvalue weighted by molar-refractivity contribution is 5.81. The molecule has 1 atom stereocenters. The van der Waals surface area contributed by atoms with Crippen LogP contribution in [0.2, 0.25) is 0 Å². The topological polar surface area (TPSA) is 64.2 Å². The summed E-state index contributed by atoms with van der Waals surface area (Å²) in [5, 5.41) is 16.0. The molecule has 1 aromatic carbocycles. The predicted molar refractivity (Wildman–Crippen MR) is 81.0 cm³/mol. The van der Waals surface area contributed by atoms with Gasteiger partial charge in [0.25, 0.3) is 5.69 Å². The first kappa shape index (κ1) is 14.0. The lowest BCUT2D eigenvalue weighted by molar-refractivity contribution is -0.384. The summed E-state index contributed by atoms with van der Waals surface area (Å²) in [5.41, 5.74) is 1.07. The molecule has 0 N–H and O–H groups in total. The molecule has 2 aromatic rings. The maximum Gasteiger partial charge on any atom is 0.270 e. The number of non-ortho nitro benzene ring substituents is 1. The van der Waals surface area contributed by atoms with Gasteiger partial charge in [-0.15, -0.1) is 0 Å². The van der Waals surface area contributed by atoms with E-state index >= 15 is 0 Å². The van der Waals surface area contributed by atoms with Gasteiger partial charge in [0.05, 0.1) is 23.3 Å². The Balaban J connectivity index is 1.79. The molecular weight excluding hydrogens is 268 g/mol. The fourth-order valence-corrected chi connectivity index (χ4v) is 3.10. The quantitative estimate of drug-likeness (QED) is 0.641. The van der Waals surface area contributed by atoms with E-state index in [-0.39, 0.29) is 10.6 Å². The van der Waals surface area contributed by atoms with Crippen molar-refractivity contribution in [3.8, 4) is 0 Å². The Labute approximate surface area is 123 Å². The highest BCUT2D eigenvalue weighted by Crippen LogP contribution is 2.23. The first-order valence-corrected chi connectivity index (χ1v) is 7.49. The molecule has 1 aliphatic heterocycles. The number of benzene rings is 1. The summed E-state index contributed by atoms with van der Waals surface area (Å²) < 4.78 is 1.94. The van der Waals surface area contributed by atoms with Gasteiger partial charge in [-0.05, 0) is 31.4 Å². The number of hydrogen-bond donors (Lipinski definition) is 0. The number of rotatable bonds is 4. The second kappa shape index (κ2) is 5.81. The third-order valence-electron chi connectivity index (χ3n) is 4.35. The lowest BCUT2D eigenvalue weighted by Crippen LogP contribution is -2.36. The number of nitro benzene ring substituents is 1. The summed E-state index contributed by atoms with van der Waals surface area (Å²) in [4.78, 5) is 12.9. The van der Waals surface area contributed by atoms with Crippen molar-refractivity contribution in [3.63, 3.8) is 0 Å². The second-order valence-electron chi connectivity index (χ2n) is 5.78. The molecule has 1 unspecified atom stereocenters. The Morgan fingerprint density at radius 1 is 1.48 bits per heavy atom. The van der Waals surface area contributed by atoms with Gasteiger partial charge in [-0.2, -0.15) is 5.10 Å². The Kier molecular flexibility index (Phi) is 3.88. The lowest BCUT2D eigenvalue weighted by Gasteiger charge is -2.32. The average Bonchev–Trinajstić information content (AvgIpc) is 2.90. The molecule has 6 nitrogen and oxygen atoms in total. The number of hydrogen-bond acceptors (Lipinski definition) is 4. The van der Waals surface area contributed by atoms with Gasteiger partial charge in [-0.25, -0.2) is 0 Å². The zero-order chi connectivity index (χ0) is 14.8. The van der Waals surface area contributed by atoms with Crippen molar-refractivity contribution in [2.75, 3.05) is 13.1 Å². The standard InChI is InChI=1S/C15H20N4O2/c1-2-12-4-3-7-17(10-12)11-18-15-6-5-14(19(20)21)8-13(15)9-16-18/h5-6,8-9,12H,2-4,7,10-11H2,1H3. The van der Waals surface area contributed by atoms with E-state index in [0.717, 1.165) is 36.6 Å². The second-order valence-corrected chi connectivity index (χ2v) is 5.78. The SMILES string of the molecule is CCC1CCCN(Cn2ncc3cc([N+](=O)[O-])ccc32)C1. The molecule has 6 heteroatoms. The van der Waals surface area contributed by atoms with Gasteiger partial charge >= 0.3 is 0 Å². The van der Waals surface area contributed by atoms with E-state index in [9.17, 15) is 10.1 Å². The molecule has 112 valence electrons. The summed E-state index contributed by atoms with van der Waals surface area (Å²) in [6, 6.07) is 4.93. The highest BCUT2D eigenvalue weighted by atomic mass is 16.6. The molecule has 0 aliphatic carbocycles. The molecule has 1 saturated heterocycles. The average molecular weight is 288 g/mol. The van der Waals surface area contributed by atoms with E-state index in [1.54, 1.807) is 24.4 Å². The van der Waals surface area contributed by atoms with Gasteiger partial charge in [0, 0.05) is 24.1 Å². The maximum atomic E-state index is 10.8. The first-order chi connectivity index (χ1) is 10.2. The fourth-order valence-electron chi connectivity index (χ4n) is 3.10. The lowest BCUT2D eigenvalue weighted by atomic mass is 9.96. The van der Waals surface area contributed by atoms with Crippen LogP contribution < -0.4 is 0 Å². The normalized spacial score (nSPS) is 20.0. The van der Waals surface area contributed by atoms with Crippen LogP contribution >= 0.6 is 0 Å². The highest BCUT2D eigenvalue weighted by Gasteiger charge is 2.19. The van der Waals surface area contributed by atoms with Crippen LogP contribution in [0.4, 0.5) is 5.69 Å². The van der Waals surface area contributed by atoms with Crippen molar-refractivity contribution in [2.45, 2.75) is 32.9 Å². The van der Waals surface area contributed by atoms with Crippen LogP contribution in [0.15, 0.2) is 24.4 Å². The fraction of sp³-hybridized carbons (Fsp3) is 0.533. The molecule has 3 rings (SSSR count). The third-order valence-corrected chi connectivity index (χ3v) is 4.35. The Hall–Kier alpha value is -1.95. The van der Waals surface area contributed by atoms with Crippen LogP contribution in [0.1, 0.15) is 26.2 Å². The third kappa shape index (κ3) is 2.90. The zero-order valence-electron chi connectivity index (χ0n) is 12.2. The molecule has 0 saturated carbocycles. The molecule has 1 aromatic heterocycles. The van der Waals surface area contributed by atoms with Gasteiger partial charge < -0.3 is 0 Å².